The van der Waals surface area contributed by atoms with Crippen LogP contribution in [0.4, 0.5) is 5.69 Å². The summed E-state index contributed by atoms with van der Waals surface area (Å²) in [6.07, 6.45) is 2.02. The third kappa shape index (κ3) is 5.65. The highest BCUT2D eigenvalue weighted by Gasteiger charge is 2.29. The van der Waals surface area contributed by atoms with Crippen LogP contribution >= 0.6 is 0 Å². The quantitative estimate of drug-likeness (QED) is 0.454. The van der Waals surface area contributed by atoms with Crippen LogP contribution in [0.25, 0.3) is 6.08 Å². The van der Waals surface area contributed by atoms with Gasteiger partial charge in [-0.25, -0.2) is 0 Å². The van der Waals surface area contributed by atoms with E-state index in [4.69, 9.17) is 9.47 Å². The monoisotopic (exact) mass is 401 g/mol. The van der Waals surface area contributed by atoms with E-state index in [1.165, 1.54) is 0 Å². The predicted octanol–water partition coefficient (Wildman–Crippen LogP) is 1.14. The highest BCUT2D eigenvalue weighted by Crippen LogP contribution is 2.17. The first kappa shape index (κ1) is 21.0. The Morgan fingerprint density at radius 2 is 1.38 bits per heavy atom. The van der Waals surface area contributed by atoms with Gasteiger partial charge in [0.1, 0.15) is 5.57 Å². The lowest BCUT2D eigenvalue weighted by molar-refractivity contribution is -0.138. The number of hydrogen-bond acceptors (Lipinski definition) is 5. The SMILES string of the molecule is CCC(=O)Nc1ccc(C=C(C(=O)N2CCOCC2)C(=O)N2CCOCC2)cc1. The highest BCUT2D eigenvalue weighted by molar-refractivity contribution is 6.21. The molecule has 2 fully saturated rings. The lowest BCUT2D eigenvalue weighted by atomic mass is 10.1. The third-order valence-corrected chi connectivity index (χ3v) is 4.88. The van der Waals surface area contributed by atoms with Crippen LogP contribution in [0.1, 0.15) is 18.9 Å². The molecule has 0 atom stereocenters. The summed E-state index contributed by atoms with van der Waals surface area (Å²) >= 11 is 0. The molecule has 0 aromatic heterocycles. The molecule has 2 saturated heterocycles. The van der Waals surface area contributed by atoms with E-state index >= 15 is 0 Å². The van der Waals surface area contributed by atoms with Gasteiger partial charge in [0.15, 0.2) is 0 Å². The normalized spacial score (nSPS) is 16.9. The molecule has 0 saturated carbocycles. The van der Waals surface area contributed by atoms with Crippen molar-refractivity contribution in [3.05, 3.63) is 35.4 Å². The number of carbonyl (C=O) groups excluding carboxylic acids is 3. The first-order valence-electron chi connectivity index (χ1n) is 9.94. The van der Waals surface area contributed by atoms with Crippen LogP contribution in [-0.2, 0) is 23.9 Å². The predicted molar refractivity (Wildman–Crippen MR) is 108 cm³/mol. The van der Waals surface area contributed by atoms with Gasteiger partial charge in [-0.2, -0.15) is 0 Å². The van der Waals surface area contributed by atoms with E-state index in [1.807, 2.05) is 0 Å². The molecule has 1 N–H and O–H groups in total. The van der Waals surface area contributed by atoms with Gasteiger partial charge in [0.05, 0.1) is 26.4 Å². The number of morpholine rings is 2. The fourth-order valence-corrected chi connectivity index (χ4v) is 3.17. The second kappa shape index (κ2) is 10.2. The average molecular weight is 401 g/mol. The number of ether oxygens (including phenoxy) is 2. The van der Waals surface area contributed by atoms with Crippen LogP contribution in [0.2, 0.25) is 0 Å². The van der Waals surface area contributed by atoms with Gasteiger partial charge in [-0.05, 0) is 23.8 Å². The number of amides is 3. The lowest BCUT2D eigenvalue weighted by Gasteiger charge is -2.31. The number of benzene rings is 1. The Labute approximate surface area is 170 Å². The van der Waals surface area contributed by atoms with Crippen LogP contribution < -0.4 is 5.32 Å². The first-order chi connectivity index (χ1) is 14.1. The molecular weight excluding hydrogens is 374 g/mol. The zero-order valence-corrected chi connectivity index (χ0v) is 16.7. The summed E-state index contributed by atoms with van der Waals surface area (Å²) in [5.41, 5.74) is 1.53. The molecule has 0 spiro atoms. The minimum atomic E-state index is -0.284. The Hall–Kier alpha value is -2.71. The maximum Gasteiger partial charge on any atom is 0.259 e. The van der Waals surface area contributed by atoms with E-state index in [9.17, 15) is 14.4 Å². The van der Waals surface area contributed by atoms with Gasteiger partial charge in [0, 0.05) is 38.3 Å². The molecule has 0 aliphatic carbocycles. The molecule has 29 heavy (non-hydrogen) atoms. The van der Waals surface area contributed by atoms with Gasteiger partial charge in [-0.15, -0.1) is 0 Å². The minimum Gasteiger partial charge on any atom is -0.378 e. The molecular formula is C21H27N3O5. The Kier molecular flexibility index (Phi) is 7.37. The van der Waals surface area contributed by atoms with Crippen molar-refractivity contribution in [2.24, 2.45) is 0 Å². The minimum absolute atomic E-state index is 0.0704. The van der Waals surface area contributed by atoms with E-state index in [0.717, 1.165) is 5.56 Å². The largest absolute Gasteiger partial charge is 0.378 e. The van der Waals surface area contributed by atoms with Gasteiger partial charge < -0.3 is 24.6 Å². The summed E-state index contributed by atoms with van der Waals surface area (Å²) in [6.45, 7) is 5.53. The zero-order valence-electron chi connectivity index (χ0n) is 16.7. The van der Waals surface area contributed by atoms with Gasteiger partial charge in [-0.1, -0.05) is 19.1 Å². The molecule has 3 rings (SSSR count). The van der Waals surface area contributed by atoms with Crippen LogP contribution in [0.5, 0.6) is 0 Å². The van der Waals surface area contributed by atoms with Gasteiger partial charge >= 0.3 is 0 Å². The standard InChI is InChI=1S/C21H27N3O5/c1-2-19(25)22-17-5-3-16(4-6-17)15-18(20(26)23-7-11-28-12-8-23)21(27)24-9-13-29-14-10-24/h3-6,15H,2,7-14H2,1H3,(H,22,25). The Bertz CT molecular complexity index is 731. The average Bonchev–Trinajstić information content (AvgIpc) is 2.78. The van der Waals surface area contributed by atoms with Crippen molar-refractivity contribution in [3.8, 4) is 0 Å². The summed E-state index contributed by atoms with van der Waals surface area (Å²) in [6, 6.07) is 7.08. The molecule has 0 radical (unpaired) electrons. The summed E-state index contributed by atoms with van der Waals surface area (Å²) in [4.78, 5) is 41.1. The number of hydrogen-bond donors (Lipinski definition) is 1. The highest BCUT2D eigenvalue weighted by atomic mass is 16.5. The number of anilines is 1. The molecule has 0 unspecified atom stereocenters. The Balaban J connectivity index is 1.83. The van der Waals surface area contributed by atoms with Crippen molar-refractivity contribution in [1.82, 2.24) is 9.80 Å². The van der Waals surface area contributed by atoms with Crippen LogP contribution in [0, 0.1) is 0 Å². The number of nitrogens with one attached hydrogen (secondary N) is 1. The second-order valence-corrected chi connectivity index (χ2v) is 6.89. The fraction of sp³-hybridized carbons (Fsp3) is 0.476. The van der Waals surface area contributed by atoms with Gasteiger partial charge in [0.25, 0.3) is 11.8 Å². The molecule has 156 valence electrons. The Morgan fingerprint density at radius 3 is 1.83 bits per heavy atom. The number of carbonyl (C=O) groups is 3. The van der Waals surface area contributed by atoms with Crippen LogP contribution in [-0.4, -0.2) is 80.1 Å². The first-order valence-corrected chi connectivity index (χ1v) is 9.94. The third-order valence-electron chi connectivity index (χ3n) is 4.88. The van der Waals surface area contributed by atoms with Crippen molar-refractivity contribution < 1.29 is 23.9 Å². The van der Waals surface area contributed by atoms with Crippen molar-refractivity contribution in [1.29, 1.82) is 0 Å². The van der Waals surface area contributed by atoms with Crippen molar-refractivity contribution in [2.45, 2.75) is 13.3 Å². The smallest absolute Gasteiger partial charge is 0.259 e. The summed E-state index contributed by atoms with van der Waals surface area (Å²) in [5, 5.41) is 2.78. The van der Waals surface area contributed by atoms with Crippen LogP contribution in [0.15, 0.2) is 29.8 Å². The Morgan fingerprint density at radius 1 is 0.897 bits per heavy atom. The molecule has 1 aromatic rings. The molecule has 1 aromatic carbocycles. The maximum atomic E-state index is 13.1. The van der Waals surface area contributed by atoms with E-state index in [2.05, 4.69) is 5.32 Å². The topological polar surface area (TPSA) is 88.2 Å². The van der Waals surface area contributed by atoms with E-state index < -0.39 is 0 Å². The van der Waals surface area contributed by atoms with Gasteiger partial charge in [0.2, 0.25) is 5.91 Å². The lowest BCUT2D eigenvalue weighted by Crippen LogP contribution is -2.47. The van der Waals surface area contributed by atoms with Crippen molar-refractivity contribution in [2.75, 3.05) is 57.9 Å². The molecule has 8 nitrogen and oxygen atoms in total. The van der Waals surface area contributed by atoms with E-state index in [0.29, 0.717) is 64.7 Å². The molecule has 2 heterocycles. The molecule has 2 aliphatic heterocycles. The van der Waals surface area contributed by atoms with E-state index in [1.54, 1.807) is 47.1 Å². The van der Waals surface area contributed by atoms with Gasteiger partial charge in [-0.3, -0.25) is 14.4 Å². The van der Waals surface area contributed by atoms with Crippen molar-refractivity contribution >= 4 is 29.5 Å². The summed E-state index contributed by atoms with van der Waals surface area (Å²) < 4.78 is 10.6. The second-order valence-electron chi connectivity index (χ2n) is 6.89. The zero-order chi connectivity index (χ0) is 20.6. The molecule has 0 bridgehead atoms. The van der Waals surface area contributed by atoms with Crippen LogP contribution in [0.3, 0.4) is 0 Å². The van der Waals surface area contributed by atoms with Crippen molar-refractivity contribution in [3.63, 3.8) is 0 Å². The number of nitrogens with zero attached hydrogens (tertiary/aromatic N) is 2. The fourth-order valence-electron chi connectivity index (χ4n) is 3.17. The molecule has 3 amide bonds. The summed E-state index contributed by atoms with van der Waals surface area (Å²) in [7, 11) is 0. The maximum absolute atomic E-state index is 13.1. The van der Waals surface area contributed by atoms with E-state index in [-0.39, 0.29) is 23.3 Å². The molecule has 2 aliphatic rings. The summed E-state index contributed by atoms with van der Waals surface area (Å²) in [5.74, 6) is -0.639. The molecule has 8 heteroatoms. The number of rotatable bonds is 5.